The van der Waals surface area contributed by atoms with Crippen molar-refractivity contribution in [1.82, 2.24) is 35.1 Å². The lowest BCUT2D eigenvalue weighted by atomic mass is 10.0. The van der Waals surface area contributed by atoms with Gasteiger partial charge >= 0.3 is 0 Å². The number of hydrogen-bond acceptors (Lipinski definition) is 9. The van der Waals surface area contributed by atoms with E-state index in [4.69, 9.17) is 9.72 Å². The fourth-order valence-electron chi connectivity index (χ4n) is 5.17. The Morgan fingerprint density at radius 3 is 2.62 bits per heavy atom. The number of para-hydroxylation sites is 1. The molecule has 0 bridgehead atoms. The summed E-state index contributed by atoms with van der Waals surface area (Å²) < 4.78 is 8.74. The van der Waals surface area contributed by atoms with E-state index >= 15 is 0 Å². The molecule has 1 aliphatic rings. The number of ether oxygens (including phenoxy) is 1. The molecular weight excluding hydrogens is 512 g/mol. The van der Waals surface area contributed by atoms with Crippen molar-refractivity contribution < 1.29 is 4.74 Å². The Labute approximate surface area is 230 Å². The summed E-state index contributed by atoms with van der Waals surface area (Å²) in [6, 6.07) is 15.5. The summed E-state index contributed by atoms with van der Waals surface area (Å²) >= 11 is 1.72. The van der Waals surface area contributed by atoms with E-state index < -0.39 is 6.04 Å². The lowest BCUT2D eigenvalue weighted by Crippen LogP contribution is -2.49. The third-order valence-electron chi connectivity index (χ3n) is 7.06. The molecule has 2 aromatic carbocycles. The standard InChI is InChI=1S/C28H32N8O2S/c1-5-38-19-10-11-21-18(16-19)17-20(26(37)29-21)24(25-31-32-33-36(25)28(2,3)4)34-12-14-35(15-13-34)27-30-22-8-6-7-9-23(22)39-27/h6-11,16-17,24H,5,12-15H2,1-4H3,(H,29,37)/t24-/m1/s1. The van der Waals surface area contributed by atoms with Gasteiger partial charge in [-0.3, -0.25) is 9.69 Å². The predicted molar refractivity (Wildman–Crippen MR) is 154 cm³/mol. The van der Waals surface area contributed by atoms with Crippen LogP contribution in [0.4, 0.5) is 5.13 Å². The number of aromatic nitrogens is 6. The van der Waals surface area contributed by atoms with E-state index in [0.29, 0.717) is 18.0 Å². The van der Waals surface area contributed by atoms with Crippen LogP contribution in [0.1, 0.15) is 45.1 Å². The van der Waals surface area contributed by atoms with Crippen LogP contribution in [0.25, 0.3) is 21.1 Å². The molecule has 0 radical (unpaired) electrons. The molecule has 11 heteroatoms. The summed E-state index contributed by atoms with van der Waals surface area (Å²) in [5.41, 5.74) is 1.91. The van der Waals surface area contributed by atoms with Crippen molar-refractivity contribution in [2.45, 2.75) is 39.3 Å². The number of benzene rings is 2. The molecule has 0 spiro atoms. The minimum atomic E-state index is -0.416. The molecule has 0 aliphatic carbocycles. The van der Waals surface area contributed by atoms with Gasteiger partial charge in [-0.1, -0.05) is 23.5 Å². The molecule has 4 heterocycles. The number of hydrogen-bond donors (Lipinski definition) is 1. The van der Waals surface area contributed by atoms with Gasteiger partial charge in [-0.25, -0.2) is 9.67 Å². The molecule has 6 rings (SSSR count). The second-order valence-electron chi connectivity index (χ2n) is 10.7. The van der Waals surface area contributed by atoms with E-state index in [1.54, 1.807) is 11.3 Å². The maximum Gasteiger partial charge on any atom is 0.253 e. The molecule has 10 nitrogen and oxygen atoms in total. The van der Waals surface area contributed by atoms with Crippen molar-refractivity contribution in [3.8, 4) is 5.75 Å². The smallest absolute Gasteiger partial charge is 0.253 e. The van der Waals surface area contributed by atoms with Crippen molar-refractivity contribution in [1.29, 1.82) is 0 Å². The number of pyridine rings is 1. The molecule has 0 amide bonds. The number of H-pyrrole nitrogens is 1. The third-order valence-corrected chi connectivity index (χ3v) is 8.15. The van der Waals surface area contributed by atoms with E-state index in [1.807, 2.05) is 48.0 Å². The number of piperazine rings is 1. The zero-order valence-electron chi connectivity index (χ0n) is 22.6. The Hall–Kier alpha value is -3.83. The Kier molecular flexibility index (Phi) is 6.56. The first-order chi connectivity index (χ1) is 18.8. The van der Waals surface area contributed by atoms with Gasteiger partial charge in [-0.05, 0) is 74.5 Å². The topological polar surface area (TPSA) is 105 Å². The Balaban J connectivity index is 1.38. The number of nitrogens with one attached hydrogen (secondary N) is 1. The van der Waals surface area contributed by atoms with Gasteiger partial charge in [-0.15, -0.1) is 5.10 Å². The lowest BCUT2D eigenvalue weighted by Gasteiger charge is -2.39. The number of fused-ring (bicyclic) bond motifs is 2. The minimum absolute atomic E-state index is 0.145. The molecule has 39 heavy (non-hydrogen) atoms. The van der Waals surface area contributed by atoms with Crippen LogP contribution in [0, 0.1) is 0 Å². The number of anilines is 1. The Morgan fingerprint density at radius 2 is 1.87 bits per heavy atom. The number of aromatic amines is 1. The van der Waals surface area contributed by atoms with Crippen LogP contribution in [0.2, 0.25) is 0 Å². The molecular formula is C28H32N8O2S. The van der Waals surface area contributed by atoms with Crippen molar-refractivity contribution in [3.05, 3.63) is 70.3 Å². The predicted octanol–water partition coefficient (Wildman–Crippen LogP) is 4.19. The summed E-state index contributed by atoms with van der Waals surface area (Å²) in [5.74, 6) is 1.42. The summed E-state index contributed by atoms with van der Waals surface area (Å²) in [7, 11) is 0. The summed E-state index contributed by atoms with van der Waals surface area (Å²) in [6.07, 6.45) is 0. The lowest BCUT2D eigenvalue weighted by molar-refractivity contribution is 0.190. The molecule has 1 aliphatic heterocycles. The summed E-state index contributed by atoms with van der Waals surface area (Å²) in [5, 5.41) is 14.8. The van der Waals surface area contributed by atoms with Crippen LogP contribution in [0.5, 0.6) is 5.75 Å². The van der Waals surface area contributed by atoms with E-state index in [9.17, 15) is 4.79 Å². The van der Waals surface area contributed by atoms with E-state index in [0.717, 1.165) is 53.5 Å². The molecule has 3 aromatic heterocycles. The SMILES string of the molecule is CCOc1ccc2[nH]c(=O)c([C@H](c3nnnn3C(C)(C)C)N3CCN(c4nc5ccccc5s4)CC3)cc2c1. The number of tetrazole rings is 1. The maximum atomic E-state index is 13.6. The zero-order valence-corrected chi connectivity index (χ0v) is 23.4. The first kappa shape index (κ1) is 25.4. The molecule has 1 saturated heterocycles. The molecule has 202 valence electrons. The van der Waals surface area contributed by atoms with Gasteiger partial charge in [0.1, 0.15) is 11.8 Å². The highest BCUT2D eigenvalue weighted by Crippen LogP contribution is 2.33. The first-order valence-electron chi connectivity index (χ1n) is 13.2. The third kappa shape index (κ3) is 4.87. The van der Waals surface area contributed by atoms with Gasteiger partial charge in [0.2, 0.25) is 0 Å². The van der Waals surface area contributed by atoms with Crippen LogP contribution in [0.15, 0.2) is 53.3 Å². The Bertz CT molecular complexity index is 1640. The van der Waals surface area contributed by atoms with E-state index in [-0.39, 0.29) is 11.1 Å². The quantitative estimate of drug-likeness (QED) is 0.339. The van der Waals surface area contributed by atoms with Gasteiger partial charge in [-0.2, -0.15) is 0 Å². The molecule has 0 saturated carbocycles. The van der Waals surface area contributed by atoms with Crippen molar-refractivity contribution >= 4 is 37.6 Å². The van der Waals surface area contributed by atoms with Crippen LogP contribution in [-0.2, 0) is 5.54 Å². The van der Waals surface area contributed by atoms with Crippen molar-refractivity contribution in [2.24, 2.45) is 0 Å². The number of nitrogens with zero attached hydrogens (tertiary/aromatic N) is 7. The second-order valence-corrected chi connectivity index (χ2v) is 11.8. The van der Waals surface area contributed by atoms with E-state index in [2.05, 4.69) is 63.2 Å². The normalized spacial score (nSPS) is 15.7. The molecule has 1 N–H and O–H groups in total. The highest BCUT2D eigenvalue weighted by Gasteiger charge is 2.35. The molecule has 5 aromatic rings. The highest BCUT2D eigenvalue weighted by atomic mass is 32.1. The number of thiazole rings is 1. The largest absolute Gasteiger partial charge is 0.494 e. The monoisotopic (exact) mass is 544 g/mol. The highest BCUT2D eigenvalue weighted by molar-refractivity contribution is 7.22. The average molecular weight is 545 g/mol. The number of rotatable bonds is 6. The molecule has 1 fully saturated rings. The van der Waals surface area contributed by atoms with Crippen LogP contribution >= 0.6 is 11.3 Å². The summed E-state index contributed by atoms with van der Waals surface area (Å²) in [4.78, 5) is 26.1. The van der Waals surface area contributed by atoms with Gasteiger partial charge in [0, 0.05) is 42.6 Å². The average Bonchev–Trinajstić information content (AvgIpc) is 3.58. The van der Waals surface area contributed by atoms with Crippen molar-refractivity contribution in [3.63, 3.8) is 0 Å². The van der Waals surface area contributed by atoms with Gasteiger partial charge in [0.25, 0.3) is 5.56 Å². The van der Waals surface area contributed by atoms with Gasteiger partial charge in [0.15, 0.2) is 11.0 Å². The van der Waals surface area contributed by atoms with Crippen LogP contribution < -0.4 is 15.2 Å². The molecule has 0 unspecified atom stereocenters. The maximum absolute atomic E-state index is 13.6. The van der Waals surface area contributed by atoms with Crippen LogP contribution in [-0.4, -0.2) is 67.9 Å². The molecule has 1 atom stereocenters. The van der Waals surface area contributed by atoms with Crippen molar-refractivity contribution in [2.75, 3.05) is 37.7 Å². The summed E-state index contributed by atoms with van der Waals surface area (Å²) in [6.45, 7) is 11.8. The fraction of sp³-hybridized carbons (Fsp3) is 0.393. The van der Waals surface area contributed by atoms with Gasteiger partial charge < -0.3 is 14.6 Å². The zero-order chi connectivity index (χ0) is 27.1. The van der Waals surface area contributed by atoms with Crippen LogP contribution in [0.3, 0.4) is 0 Å². The Morgan fingerprint density at radius 1 is 1.08 bits per heavy atom. The second kappa shape index (κ2) is 10.0. The van der Waals surface area contributed by atoms with Gasteiger partial charge in [0.05, 0.1) is 22.4 Å². The minimum Gasteiger partial charge on any atom is -0.494 e. The fourth-order valence-corrected chi connectivity index (χ4v) is 6.19. The first-order valence-corrected chi connectivity index (χ1v) is 14.1. The van der Waals surface area contributed by atoms with E-state index in [1.165, 1.54) is 4.70 Å².